The van der Waals surface area contributed by atoms with Gasteiger partial charge in [-0.2, -0.15) is 5.10 Å². The summed E-state index contributed by atoms with van der Waals surface area (Å²) in [5.74, 6) is 5.31. The van der Waals surface area contributed by atoms with E-state index in [0.29, 0.717) is 113 Å². The van der Waals surface area contributed by atoms with Gasteiger partial charge in [-0.1, -0.05) is 88.7 Å². The van der Waals surface area contributed by atoms with Crippen molar-refractivity contribution in [3.05, 3.63) is 236 Å². The number of hydrogen-bond acceptors (Lipinski definition) is 27. The Kier molecular flexibility index (Phi) is 32.8. The Hall–Kier alpha value is -13.7. The van der Waals surface area contributed by atoms with Crippen LogP contribution in [0.1, 0.15) is 90.0 Å². The van der Waals surface area contributed by atoms with E-state index in [4.69, 9.17) is 28.7 Å². The molecule has 121 heavy (non-hydrogen) atoms. The van der Waals surface area contributed by atoms with Crippen LogP contribution in [-0.4, -0.2) is 165 Å². The summed E-state index contributed by atoms with van der Waals surface area (Å²) in [6.07, 6.45) is 27.5. The molecule has 1 aliphatic carbocycles. The molecule has 5 aromatic carbocycles. The monoisotopic (exact) mass is 1640 g/mol. The first-order valence-corrected chi connectivity index (χ1v) is 40.2. The molecule has 0 saturated carbocycles. The first kappa shape index (κ1) is 89.7. The first-order valence-electron chi connectivity index (χ1n) is 40.2. The molecule has 13 aromatic rings. The quantitative estimate of drug-likeness (QED) is 0.0207. The van der Waals surface area contributed by atoms with Gasteiger partial charge in [0.2, 0.25) is 0 Å². The van der Waals surface area contributed by atoms with Crippen LogP contribution in [-0.2, 0) is 7.05 Å². The SMILES string of the molecule is CC[C@@H](N)CN(C)c1nc(-c2cc(C)ccc2O)nc(C)c1F.CC[C@@H](N)CNc1ccnc(-c2cc(-c3cccnc3)ccc2O)n1.CC[C@@H](N)CNc1ccnc(-c2cc(-c3ccn(C)c3)ccc2O)n1.CC[C@@H](N)CNc1ccnc(-c2cc(-c3ccn[nH]3)ccc2O)n1.CC[C@@H](N)CNc1ccnc(-c2cc(C3=CCC=C3)ccc2O)n1. The molecule has 0 unspecified atom stereocenters. The van der Waals surface area contributed by atoms with Gasteiger partial charge < -0.3 is 84.9 Å². The van der Waals surface area contributed by atoms with Gasteiger partial charge in [0.15, 0.2) is 40.8 Å². The van der Waals surface area contributed by atoms with Crippen LogP contribution in [0.25, 0.3) is 96.0 Å². The Balaban J connectivity index is 0.000000159. The zero-order chi connectivity index (χ0) is 86.5. The molecule has 5 atom stereocenters. The summed E-state index contributed by atoms with van der Waals surface area (Å²) in [4.78, 5) is 49.5. The van der Waals surface area contributed by atoms with E-state index >= 15 is 0 Å². The number of nitrogens with zero attached hydrogens (tertiary/aromatic N) is 14. The highest BCUT2D eigenvalue weighted by Gasteiger charge is 2.22. The van der Waals surface area contributed by atoms with Crippen molar-refractivity contribution >= 4 is 34.7 Å². The predicted octanol–water partition coefficient (Wildman–Crippen LogP) is 14.6. The molecular formula is C91H109FN24O5. The van der Waals surface area contributed by atoms with E-state index in [1.807, 2.05) is 138 Å². The highest BCUT2D eigenvalue weighted by Crippen LogP contribution is 2.38. The summed E-state index contributed by atoms with van der Waals surface area (Å²) < 4.78 is 16.4. The number of phenolic OH excluding ortho intramolecular Hbond substituents is 5. The van der Waals surface area contributed by atoms with Crippen LogP contribution < -0.4 is 54.8 Å². The number of phenols is 5. The van der Waals surface area contributed by atoms with Crippen molar-refractivity contribution in [2.45, 2.75) is 117 Å². The molecule has 630 valence electrons. The normalized spacial score (nSPS) is 12.6. The maximum Gasteiger partial charge on any atom is 0.186 e. The maximum atomic E-state index is 14.4. The van der Waals surface area contributed by atoms with Gasteiger partial charge in [0, 0.05) is 144 Å². The molecule has 0 spiro atoms. The molecule has 1 aliphatic rings. The van der Waals surface area contributed by atoms with Crippen molar-refractivity contribution in [3.63, 3.8) is 0 Å². The van der Waals surface area contributed by atoms with Crippen LogP contribution in [0.5, 0.6) is 28.7 Å². The van der Waals surface area contributed by atoms with Crippen molar-refractivity contribution in [2.75, 3.05) is 65.9 Å². The van der Waals surface area contributed by atoms with Crippen LogP contribution >= 0.6 is 0 Å². The number of anilines is 5. The number of pyridine rings is 1. The first-order chi connectivity index (χ1) is 58.4. The summed E-state index contributed by atoms with van der Waals surface area (Å²) in [5.41, 5.74) is 41.6. The Labute approximate surface area is 704 Å². The molecule has 29 nitrogen and oxygen atoms in total. The second-order valence-corrected chi connectivity index (χ2v) is 29.1. The summed E-state index contributed by atoms with van der Waals surface area (Å²) >= 11 is 0. The van der Waals surface area contributed by atoms with Crippen LogP contribution in [0.15, 0.2) is 214 Å². The number of aromatic amines is 1. The van der Waals surface area contributed by atoms with E-state index < -0.39 is 5.82 Å². The Morgan fingerprint density at radius 3 is 1.28 bits per heavy atom. The fraction of sp³-hybridized carbons (Fsp3) is 0.275. The van der Waals surface area contributed by atoms with Gasteiger partial charge in [0.1, 0.15) is 52.0 Å². The molecule has 8 heterocycles. The number of likely N-dealkylation sites (N-methyl/N-ethyl adjacent to an activating group) is 1. The van der Waals surface area contributed by atoms with E-state index in [-0.39, 0.29) is 70.5 Å². The predicted molar refractivity (Wildman–Crippen MR) is 481 cm³/mol. The number of H-pyrrole nitrogens is 1. The van der Waals surface area contributed by atoms with Gasteiger partial charge in [0.05, 0.1) is 39.2 Å². The highest BCUT2D eigenvalue weighted by molar-refractivity contribution is 5.81. The average molecular weight is 1640 g/mol. The molecule has 0 saturated heterocycles. The van der Waals surface area contributed by atoms with Crippen molar-refractivity contribution in [1.29, 1.82) is 0 Å². The molecule has 30 heteroatoms. The standard InChI is InChI=1S/C19H23N5O.C19H21N5O.C19H22N4O.C17H23FN4O.C17H20N6O/c1-3-15(20)11-22-18-6-8-21-19(23-18)16-10-13(4-5-17(16)25)14-7-9-24(2)12-14;1-2-15(20)12-23-18-7-9-22-19(24-18)16-10-13(5-6-17(16)25)14-4-3-8-21-11-14;1-2-15(20)12-22-18-9-10-21-19(23-18)16-11-14(7-8-17(16)24)13-5-3-4-6-13;1-5-12(19)9-22(4)17-15(18)11(3)20-16(21-17)13-8-10(2)6-7-14(13)23;1-2-12(18)10-20-16-6-7-19-17(22-16)13-9-11(3-4-15(13)24)14-5-8-21-23-14/h4-10,12,15,25H,3,11,20H2,1-2H3,(H,21,22,23);3-11,15,25H,2,12,20H2,1H3,(H,22,23,24);3,5-11,15,24H,2,4,12,20H2,1H3,(H,21,22,23);6-8,12,23H,5,9,19H2,1-4H3;3-9,12,24H,2,10,18H2,1H3,(H,21,23)(H,19,20,22)/t3*15-;2*12-/m11111/s1. The smallest absolute Gasteiger partial charge is 0.186 e. The van der Waals surface area contributed by atoms with E-state index in [9.17, 15) is 29.9 Å². The number of halogens is 1. The van der Waals surface area contributed by atoms with Crippen molar-refractivity contribution in [1.82, 2.24) is 69.6 Å². The largest absolute Gasteiger partial charge is 0.507 e. The number of hydrogen-bond donors (Lipinski definition) is 15. The highest BCUT2D eigenvalue weighted by atomic mass is 19.1. The van der Waals surface area contributed by atoms with E-state index in [1.165, 1.54) is 0 Å². The number of nitrogens with one attached hydrogen (secondary N) is 5. The minimum atomic E-state index is -0.466. The lowest BCUT2D eigenvalue weighted by molar-refractivity contribution is 0.476. The lowest BCUT2D eigenvalue weighted by Crippen LogP contribution is -2.35. The second kappa shape index (κ2) is 44.2. The minimum absolute atomic E-state index is 0.0644. The zero-order valence-corrected chi connectivity index (χ0v) is 69.6. The van der Waals surface area contributed by atoms with Crippen LogP contribution in [0.2, 0.25) is 0 Å². The zero-order valence-electron chi connectivity index (χ0n) is 69.6. The summed E-state index contributed by atoms with van der Waals surface area (Å²) in [6, 6.07) is 41.9. The second-order valence-electron chi connectivity index (χ2n) is 29.1. The van der Waals surface area contributed by atoms with Crippen molar-refractivity contribution in [3.8, 4) is 119 Å². The molecule has 0 fully saturated rings. The summed E-state index contributed by atoms with van der Waals surface area (Å²) in [5, 5.41) is 70.6. The number of aromatic nitrogens is 14. The van der Waals surface area contributed by atoms with Crippen LogP contribution in [0.3, 0.4) is 0 Å². The summed E-state index contributed by atoms with van der Waals surface area (Å²) in [7, 11) is 3.73. The Morgan fingerprint density at radius 2 is 0.876 bits per heavy atom. The van der Waals surface area contributed by atoms with Gasteiger partial charge >= 0.3 is 0 Å². The maximum absolute atomic E-state index is 14.4. The fourth-order valence-corrected chi connectivity index (χ4v) is 12.0. The third-order valence-electron chi connectivity index (χ3n) is 19.7. The lowest BCUT2D eigenvalue weighted by Gasteiger charge is -2.23. The molecular weight excluding hydrogens is 1530 g/mol. The number of rotatable bonds is 29. The van der Waals surface area contributed by atoms with Gasteiger partial charge in [-0.3, -0.25) is 10.1 Å². The van der Waals surface area contributed by atoms with Gasteiger partial charge in [-0.25, -0.2) is 54.2 Å². The molecule has 0 aliphatic heterocycles. The van der Waals surface area contributed by atoms with Crippen molar-refractivity contribution in [2.24, 2.45) is 35.7 Å². The Morgan fingerprint density at radius 1 is 0.455 bits per heavy atom. The van der Waals surface area contributed by atoms with E-state index in [1.54, 1.807) is 129 Å². The van der Waals surface area contributed by atoms with E-state index in [0.717, 1.165) is 88.7 Å². The molecule has 20 N–H and O–H groups in total. The Bertz CT molecular complexity index is 5560. The lowest BCUT2D eigenvalue weighted by atomic mass is 10.0. The molecule has 8 aromatic heterocycles. The number of nitrogens with two attached hydrogens (primary N) is 5. The number of aromatic hydroxyl groups is 5. The number of aryl methyl sites for hydroxylation is 3. The minimum Gasteiger partial charge on any atom is -0.507 e. The topological polar surface area (TPSA) is 458 Å². The third kappa shape index (κ3) is 25.7. The average Bonchev–Trinajstić information content (AvgIpc) is 1.54. The van der Waals surface area contributed by atoms with Crippen LogP contribution in [0, 0.1) is 19.7 Å². The van der Waals surface area contributed by atoms with E-state index in [2.05, 4.69) is 105 Å². The number of benzene rings is 5. The van der Waals surface area contributed by atoms with Gasteiger partial charge in [-0.05, 0) is 189 Å². The molecule has 14 rings (SSSR count). The molecule has 0 bridgehead atoms. The number of allylic oxidation sites excluding steroid dienone is 4. The third-order valence-corrected chi connectivity index (χ3v) is 19.7. The molecule has 0 amide bonds. The molecule has 0 radical (unpaired) electrons. The van der Waals surface area contributed by atoms with Crippen LogP contribution in [0.4, 0.5) is 33.5 Å². The fourth-order valence-electron chi connectivity index (χ4n) is 12.0. The van der Waals surface area contributed by atoms with Crippen molar-refractivity contribution < 1.29 is 29.9 Å². The van der Waals surface area contributed by atoms with Gasteiger partial charge in [-0.15, -0.1) is 0 Å². The summed E-state index contributed by atoms with van der Waals surface area (Å²) in [6.45, 7) is 16.7. The van der Waals surface area contributed by atoms with Gasteiger partial charge in [0.25, 0.3) is 0 Å².